The van der Waals surface area contributed by atoms with Crippen LogP contribution in [0.4, 0.5) is 0 Å². The van der Waals surface area contributed by atoms with E-state index in [-0.39, 0.29) is 5.54 Å². The smallest absolute Gasteiger partial charge is 0.151 e. The third-order valence-electron chi connectivity index (χ3n) is 3.67. The molecule has 19 heavy (non-hydrogen) atoms. The number of aryl methyl sites for hydroxylation is 1. The number of H-pyrrole nitrogens is 1. The summed E-state index contributed by atoms with van der Waals surface area (Å²) in [4.78, 5) is 7.70. The number of aromatic amines is 1. The Morgan fingerprint density at radius 1 is 1.53 bits per heavy atom. The zero-order chi connectivity index (χ0) is 13.7. The molecule has 1 fully saturated rings. The molecule has 1 aromatic heterocycles. The van der Waals surface area contributed by atoms with Gasteiger partial charge in [0.15, 0.2) is 5.15 Å². The van der Waals surface area contributed by atoms with Crippen molar-refractivity contribution in [2.75, 3.05) is 13.2 Å². The van der Waals surface area contributed by atoms with Gasteiger partial charge in [0, 0.05) is 25.1 Å². The van der Waals surface area contributed by atoms with Crippen molar-refractivity contribution < 1.29 is 4.74 Å². The number of rotatable bonds is 6. The highest BCUT2D eigenvalue weighted by Crippen LogP contribution is 2.20. The summed E-state index contributed by atoms with van der Waals surface area (Å²) in [7, 11) is 0. The number of nitrogens with zero attached hydrogens (tertiary/aromatic N) is 1. The standard InChI is InChI=1S/C14H24ClN3O/c1-3-4-6-12-17-11(13(15)18-12)9-16-14(2)7-5-8-19-10-14/h16H,3-10H2,1-2H3,(H,17,18). The topological polar surface area (TPSA) is 49.9 Å². The Hall–Kier alpha value is -0.580. The molecule has 1 aliphatic rings. The molecule has 1 atom stereocenters. The summed E-state index contributed by atoms with van der Waals surface area (Å²) in [6, 6.07) is 0. The van der Waals surface area contributed by atoms with Gasteiger partial charge in [-0.25, -0.2) is 4.98 Å². The summed E-state index contributed by atoms with van der Waals surface area (Å²) in [6.07, 6.45) is 5.53. The largest absolute Gasteiger partial charge is 0.380 e. The van der Waals surface area contributed by atoms with Gasteiger partial charge in [-0.3, -0.25) is 0 Å². The highest BCUT2D eigenvalue weighted by molar-refractivity contribution is 6.30. The van der Waals surface area contributed by atoms with Crippen LogP contribution in [0.5, 0.6) is 0 Å². The van der Waals surface area contributed by atoms with Crippen molar-refractivity contribution in [1.29, 1.82) is 0 Å². The second-order valence-corrected chi connectivity index (χ2v) is 5.98. The van der Waals surface area contributed by atoms with E-state index in [4.69, 9.17) is 16.3 Å². The Kier molecular flexibility index (Phi) is 5.25. The SMILES string of the molecule is CCCCc1nc(Cl)c(CNC2(C)CCCOC2)[nH]1. The minimum absolute atomic E-state index is 0.0519. The van der Waals surface area contributed by atoms with Crippen molar-refractivity contribution in [3.8, 4) is 0 Å². The maximum Gasteiger partial charge on any atom is 0.151 e. The molecule has 1 aromatic rings. The Morgan fingerprint density at radius 3 is 3.05 bits per heavy atom. The minimum atomic E-state index is 0.0519. The molecule has 0 amide bonds. The van der Waals surface area contributed by atoms with E-state index in [0.717, 1.165) is 57.0 Å². The van der Waals surface area contributed by atoms with E-state index in [0.29, 0.717) is 5.15 Å². The van der Waals surface area contributed by atoms with Crippen molar-refractivity contribution in [3.63, 3.8) is 0 Å². The fourth-order valence-corrected chi connectivity index (χ4v) is 2.61. The quantitative estimate of drug-likeness (QED) is 0.844. The minimum Gasteiger partial charge on any atom is -0.380 e. The van der Waals surface area contributed by atoms with Gasteiger partial charge in [-0.15, -0.1) is 0 Å². The Bertz CT molecular complexity index is 399. The average Bonchev–Trinajstić information content (AvgIpc) is 2.76. The third-order valence-corrected chi connectivity index (χ3v) is 3.99. The van der Waals surface area contributed by atoms with E-state index in [2.05, 4.69) is 29.1 Å². The van der Waals surface area contributed by atoms with E-state index < -0.39 is 0 Å². The first-order valence-electron chi connectivity index (χ1n) is 7.19. The fraction of sp³-hybridized carbons (Fsp3) is 0.786. The molecule has 0 saturated carbocycles. The van der Waals surface area contributed by atoms with Crippen LogP contribution in [-0.2, 0) is 17.7 Å². The first-order valence-corrected chi connectivity index (χ1v) is 7.57. The van der Waals surface area contributed by atoms with Crippen LogP contribution in [0.3, 0.4) is 0 Å². The molecule has 1 saturated heterocycles. The van der Waals surface area contributed by atoms with Crippen molar-refractivity contribution in [3.05, 3.63) is 16.7 Å². The number of imidazole rings is 1. The second-order valence-electron chi connectivity index (χ2n) is 5.63. The number of aromatic nitrogens is 2. The maximum absolute atomic E-state index is 6.17. The summed E-state index contributed by atoms with van der Waals surface area (Å²) in [5, 5.41) is 4.14. The molecule has 108 valence electrons. The fourth-order valence-electron chi connectivity index (χ4n) is 2.39. The maximum atomic E-state index is 6.17. The van der Waals surface area contributed by atoms with Gasteiger partial charge in [-0.2, -0.15) is 0 Å². The highest BCUT2D eigenvalue weighted by Gasteiger charge is 2.27. The monoisotopic (exact) mass is 285 g/mol. The Balaban J connectivity index is 1.89. The van der Waals surface area contributed by atoms with E-state index >= 15 is 0 Å². The molecule has 0 spiro atoms. The molecule has 2 heterocycles. The van der Waals surface area contributed by atoms with Crippen molar-refractivity contribution >= 4 is 11.6 Å². The second kappa shape index (κ2) is 6.73. The lowest BCUT2D eigenvalue weighted by molar-refractivity contribution is 0.0276. The highest BCUT2D eigenvalue weighted by atomic mass is 35.5. The van der Waals surface area contributed by atoms with Gasteiger partial charge < -0.3 is 15.0 Å². The van der Waals surface area contributed by atoms with Crippen molar-refractivity contribution in [2.24, 2.45) is 0 Å². The molecule has 0 aromatic carbocycles. The number of halogens is 1. The van der Waals surface area contributed by atoms with E-state index in [1.807, 2.05) is 0 Å². The van der Waals surface area contributed by atoms with Crippen LogP contribution >= 0.6 is 11.6 Å². The summed E-state index contributed by atoms with van der Waals surface area (Å²) in [5.41, 5.74) is 1.04. The summed E-state index contributed by atoms with van der Waals surface area (Å²) in [5.74, 6) is 0.994. The summed E-state index contributed by atoms with van der Waals surface area (Å²) >= 11 is 6.17. The van der Waals surface area contributed by atoms with Crippen LogP contribution < -0.4 is 5.32 Å². The van der Waals surface area contributed by atoms with Gasteiger partial charge in [0.2, 0.25) is 0 Å². The molecule has 1 aliphatic heterocycles. The number of ether oxygens (including phenoxy) is 1. The van der Waals surface area contributed by atoms with Crippen LogP contribution in [0.15, 0.2) is 0 Å². The van der Waals surface area contributed by atoms with Crippen LogP contribution in [0.25, 0.3) is 0 Å². The summed E-state index contributed by atoms with van der Waals surface area (Å²) < 4.78 is 5.54. The predicted octanol–water partition coefficient (Wildman–Crippen LogP) is 3.06. The normalized spacial score (nSPS) is 23.7. The molecule has 5 heteroatoms. The summed E-state index contributed by atoms with van der Waals surface area (Å²) in [6.45, 7) is 6.74. The van der Waals surface area contributed by atoms with Gasteiger partial charge in [0.1, 0.15) is 5.82 Å². The van der Waals surface area contributed by atoms with E-state index in [1.165, 1.54) is 6.42 Å². The van der Waals surface area contributed by atoms with Gasteiger partial charge in [-0.1, -0.05) is 24.9 Å². The molecular weight excluding hydrogens is 262 g/mol. The number of unbranched alkanes of at least 4 members (excludes halogenated alkanes) is 1. The van der Waals surface area contributed by atoms with Gasteiger partial charge in [-0.05, 0) is 26.2 Å². The molecule has 0 radical (unpaired) electrons. The first kappa shape index (κ1) is 14.8. The van der Waals surface area contributed by atoms with Gasteiger partial charge in [0.25, 0.3) is 0 Å². The third kappa shape index (κ3) is 4.20. The van der Waals surface area contributed by atoms with Crippen LogP contribution in [-0.4, -0.2) is 28.7 Å². The molecule has 0 bridgehead atoms. The Morgan fingerprint density at radius 2 is 2.37 bits per heavy atom. The predicted molar refractivity (Wildman–Crippen MR) is 77.5 cm³/mol. The van der Waals surface area contributed by atoms with E-state index in [9.17, 15) is 0 Å². The van der Waals surface area contributed by atoms with E-state index in [1.54, 1.807) is 0 Å². The van der Waals surface area contributed by atoms with Crippen molar-refractivity contribution in [1.82, 2.24) is 15.3 Å². The van der Waals surface area contributed by atoms with Gasteiger partial charge >= 0.3 is 0 Å². The Labute approximate surface area is 120 Å². The lowest BCUT2D eigenvalue weighted by Crippen LogP contribution is -2.48. The molecule has 2 N–H and O–H groups in total. The number of hydrogen-bond acceptors (Lipinski definition) is 3. The average molecular weight is 286 g/mol. The zero-order valence-corrected chi connectivity index (χ0v) is 12.6. The molecule has 1 unspecified atom stereocenters. The van der Waals surface area contributed by atoms with Gasteiger partial charge in [0.05, 0.1) is 12.3 Å². The van der Waals surface area contributed by atoms with Crippen LogP contribution in [0.1, 0.15) is 51.0 Å². The molecule has 0 aliphatic carbocycles. The number of nitrogens with one attached hydrogen (secondary N) is 2. The molecular formula is C14H24ClN3O. The molecule has 4 nitrogen and oxygen atoms in total. The number of hydrogen-bond donors (Lipinski definition) is 2. The molecule has 2 rings (SSSR count). The lowest BCUT2D eigenvalue weighted by atomic mass is 9.95. The van der Waals surface area contributed by atoms with Crippen LogP contribution in [0, 0.1) is 0 Å². The van der Waals surface area contributed by atoms with Crippen molar-refractivity contribution in [2.45, 2.75) is 58.0 Å². The zero-order valence-electron chi connectivity index (χ0n) is 11.9. The lowest BCUT2D eigenvalue weighted by Gasteiger charge is -2.34. The van der Waals surface area contributed by atoms with Crippen LogP contribution in [0.2, 0.25) is 5.15 Å². The first-order chi connectivity index (χ1) is 9.13.